The summed E-state index contributed by atoms with van der Waals surface area (Å²) < 4.78 is 0. The van der Waals surface area contributed by atoms with E-state index in [4.69, 9.17) is 0 Å². The Balaban J connectivity index is 3.24. The second-order valence-electron chi connectivity index (χ2n) is 5.20. The van der Waals surface area contributed by atoms with Gasteiger partial charge in [0.2, 0.25) is 0 Å². The zero-order valence-electron chi connectivity index (χ0n) is 13.3. The summed E-state index contributed by atoms with van der Waals surface area (Å²) in [6.07, 6.45) is 6.08. The van der Waals surface area contributed by atoms with Crippen molar-refractivity contribution in [2.45, 2.75) is 40.5 Å². The van der Waals surface area contributed by atoms with E-state index in [1.807, 2.05) is 39.0 Å². The first kappa shape index (κ1) is 16.2. The summed E-state index contributed by atoms with van der Waals surface area (Å²) in [5.41, 5.74) is 5.34. The lowest BCUT2D eigenvalue weighted by Gasteiger charge is -2.09. The predicted molar refractivity (Wildman–Crippen MR) is 90.5 cm³/mol. The van der Waals surface area contributed by atoms with Crippen LogP contribution in [-0.2, 0) is 0 Å². The van der Waals surface area contributed by atoms with Gasteiger partial charge in [-0.2, -0.15) is 0 Å². The van der Waals surface area contributed by atoms with Gasteiger partial charge in [-0.05, 0) is 50.0 Å². The van der Waals surface area contributed by atoms with Crippen molar-refractivity contribution in [2.24, 2.45) is 4.99 Å². The fourth-order valence-corrected chi connectivity index (χ4v) is 1.81. The van der Waals surface area contributed by atoms with Crippen molar-refractivity contribution in [2.75, 3.05) is 0 Å². The summed E-state index contributed by atoms with van der Waals surface area (Å²) in [6, 6.07) is 8.56. The molecule has 0 atom stereocenters. The van der Waals surface area contributed by atoms with E-state index >= 15 is 0 Å². The van der Waals surface area contributed by atoms with Crippen LogP contribution in [0.4, 0.5) is 0 Å². The van der Waals surface area contributed by atoms with Crippen LogP contribution >= 0.6 is 0 Å². The zero-order chi connectivity index (χ0) is 15.1. The maximum atomic E-state index is 4.67. The third-order valence-electron chi connectivity index (χ3n) is 3.32. The minimum absolute atomic E-state index is 0.516. The van der Waals surface area contributed by atoms with Gasteiger partial charge < -0.3 is 0 Å². The highest BCUT2D eigenvalue weighted by Gasteiger charge is 2.05. The van der Waals surface area contributed by atoms with E-state index < -0.39 is 0 Å². The van der Waals surface area contributed by atoms with Gasteiger partial charge in [0.25, 0.3) is 0 Å². The predicted octanol–water partition coefficient (Wildman–Crippen LogP) is 5.66. The van der Waals surface area contributed by atoms with Crippen LogP contribution in [0, 0.1) is 0 Å². The van der Waals surface area contributed by atoms with Crippen LogP contribution in [0.2, 0.25) is 0 Å². The normalized spacial score (nSPS) is 13.3. The molecule has 1 aromatic carbocycles. The van der Waals surface area contributed by atoms with Gasteiger partial charge in [-0.1, -0.05) is 50.8 Å². The summed E-state index contributed by atoms with van der Waals surface area (Å²) in [5, 5.41) is 0. The lowest BCUT2D eigenvalue weighted by molar-refractivity contribution is 0.866. The molecule has 0 radical (unpaired) electrons. The lowest BCUT2D eigenvalue weighted by atomic mass is 9.98. The molecule has 0 bridgehead atoms. The first-order valence-electron chi connectivity index (χ1n) is 7.13. The molecule has 1 heteroatoms. The van der Waals surface area contributed by atoms with E-state index in [-0.39, 0.29) is 0 Å². The molecule has 0 aliphatic rings. The first-order valence-corrected chi connectivity index (χ1v) is 7.13. The topological polar surface area (TPSA) is 12.4 Å². The first-order chi connectivity index (χ1) is 9.49. The monoisotopic (exact) mass is 267 g/mol. The molecule has 0 saturated heterocycles. The van der Waals surface area contributed by atoms with Crippen LogP contribution in [0.15, 0.2) is 65.3 Å². The van der Waals surface area contributed by atoms with Gasteiger partial charge in [0.05, 0.1) is 11.4 Å². The van der Waals surface area contributed by atoms with Gasteiger partial charge in [0, 0.05) is 5.56 Å². The van der Waals surface area contributed by atoms with Crippen LogP contribution in [-0.4, -0.2) is 5.71 Å². The Morgan fingerprint density at radius 3 is 2.50 bits per heavy atom. The van der Waals surface area contributed by atoms with Gasteiger partial charge >= 0.3 is 0 Å². The van der Waals surface area contributed by atoms with Crippen LogP contribution in [0.5, 0.6) is 0 Å². The number of hydrogen-bond acceptors (Lipinski definition) is 1. The SMILES string of the molecule is C=C(/N=C(\C=C/C)c1cccc(C(C)C)c1)/C(C)=C/C. The molecule has 106 valence electrons. The minimum Gasteiger partial charge on any atom is -0.249 e. The molecule has 0 heterocycles. The lowest BCUT2D eigenvalue weighted by Crippen LogP contribution is -2.00. The van der Waals surface area contributed by atoms with E-state index in [9.17, 15) is 0 Å². The van der Waals surface area contributed by atoms with Crippen LogP contribution < -0.4 is 0 Å². The van der Waals surface area contributed by atoms with Gasteiger partial charge in [-0.3, -0.25) is 0 Å². The van der Waals surface area contributed by atoms with Crippen molar-refractivity contribution in [1.29, 1.82) is 0 Å². The quantitative estimate of drug-likeness (QED) is 0.482. The molecule has 1 rings (SSSR count). The van der Waals surface area contributed by atoms with E-state index in [2.05, 4.69) is 49.7 Å². The largest absolute Gasteiger partial charge is 0.249 e. The van der Waals surface area contributed by atoms with Gasteiger partial charge in [0.15, 0.2) is 0 Å². The Labute approximate surface area is 123 Å². The van der Waals surface area contributed by atoms with Crippen molar-refractivity contribution in [3.05, 3.63) is 71.5 Å². The van der Waals surface area contributed by atoms with E-state index in [1.165, 1.54) is 5.56 Å². The van der Waals surface area contributed by atoms with Crippen LogP contribution in [0.3, 0.4) is 0 Å². The number of nitrogens with zero attached hydrogens (tertiary/aromatic N) is 1. The molecule has 1 aromatic rings. The Morgan fingerprint density at radius 2 is 1.95 bits per heavy atom. The van der Waals surface area contributed by atoms with E-state index in [0.29, 0.717) is 5.92 Å². The van der Waals surface area contributed by atoms with Crippen LogP contribution in [0.1, 0.15) is 51.7 Å². The van der Waals surface area contributed by atoms with Crippen LogP contribution in [0.25, 0.3) is 0 Å². The molecular formula is C19H25N. The van der Waals surface area contributed by atoms with Gasteiger partial charge in [0.1, 0.15) is 0 Å². The molecule has 0 unspecified atom stereocenters. The molecule has 0 aliphatic carbocycles. The molecule has 0 aliphatic heterocycles. The summed E-state index contributed by atoms with van der Waals surface area (Å²) in [4.78, 5) is 4.67. The average Bonchev–Trinajstić information content (AvgIpc) is 2.45. The summed E-state index contributed by atoms with van der Waals surface area (Å²) in [5.74, 6) is 0.516. The molecule has 0 saturated carbocycles. The molecule has 0 amide bonds. The van der Waals surface area contributed by atoms with Crippen molar-refractivity contribution in [3.63, 3.8) is 0 Å². The smallest absolute Gasteiger partial charge is 0.0705 e. The van der Waals surface area contributed by atoms with Crippen molar-refractivity contribution in [3.8, 4) is 0 Å². The second kappa shape index (κ2) is 7.64. The number of rotatable bonds is 5. The molecule has 0 aromatic heterocycles. The third-order valence-corrected chi connectivity index (χ3v) is 3.32. The Hall–Kier alpha value is -1.89. The third kappa shape index (κ3) is 4.34. The summed E-state index contributed by atoms with van der Waals surface area (Å²) in [7, 11) is 0. The molecular weight excluding hydrogens is 242 g/mol. The highest BCUT2D eigenvalue weighted by atomic mass is 14.8. The fraction of sp³-hybridized carbons (Fsp3) is 0.316. The molecule has 0 N–H and O–H groups in total. The number of allylic oxidation sites excluding steroid dienone is 4. The van der Waals surface area contributed by atoms with E-state index in [1.54, 1.807) is 0 Å². The second-order valence-corrected chi connectivity index (χ2v) is 5.20. The summed E-state index contributed by atoms with van der Waals surface area (Å²) >= 11 is 0. The standard InChI is InChI=1S/C19H25N/c1-7-10-19(20-16(6)15(5)8-2)18-12-9-11-17(13-18)14(3)4/h7-14H,6H2,1-5H3/b10-7-,15-8+,20-19+. The summed E-state index contributed by atoms with van der Waals surface area (Å²) in [6.45, 7) is 14.5. The van der Waals surface area contributed by atoms with Crippen molar-refractivity contribution >= 4 is 5.71 Å². The Morgan fingerprint density at radius 1 is 1.25 bits per heavy atom. The van der Waals surface area contributed by atoms with Gasteiger partial charge in [-0.15, -0.1) is 0 Å². The number of aliphatic imine (C=N–C) groups is 1. The van der Waals surface area contributed by atoms with Gasteiger partial charge in [-0.25, -0.2) is 4.99 Å². The van der Waals surface area contributed by atoms with E-state index in [0.717, 1.165) is 22.5 Å². The minimum atomic E-state index is 0.516. The maximum absolute atomic E-state index is 4.67. The fourth-order valence-electron chi connectivity index (χ4n) is 1.81. The zero-order valence-corrected chi connectivity index (χ0v) is 13.3. The number of benzene rings is 1. The molecule has 0 spiro atoms. The Bertz CT molecular complexity index is 557. The highest BCUT2D eigenvalue weighted by molar-refractivity contribution is 6.09. The molecule has 0 fully saturated rings. The molecule has 20 heavy (non-hydrogen) atoms. The Kier molecular flexibility index (Phi) is 6.17. The van der Waals surface area contributed by atoms with Crippen molar-refractivity contribution < 1.29 is 0 Å². The molecule has 1 nitrogen and oxygen atoms in total. The average molecular weight is 267 g/mol. The maximum Gasteiger partial charge on any atom is 0.0705 e. The van der Waals surface area contributed by atoms with Crippen molar-refractivity contribution in [1.82, 2.24) is 0 Å². The highest BCUT2D eigenvalue weighted by Crippen LogP contribution is 2.18. The number of hydrogen-bond donors (Lipinski definition) is 0.